The molecule has 0 aliphatic rings. The van der Waals surface area contributed by atoms with Crippen molar-refractivity contribution in [1.82, 2.24) is 5.43 Å². The second-order valence-corrected chi connectivity index (χ2v) is 3.20. The van der Waals surface area contributed by atoms with Crippen LogP contribution in [0.1, 0.15) is 12.8 Å². The van der Waals surface area contributed by atoms with Crippen LogP contribution in [-0.2, 0) is 0 Å². The summed E-state index contributed by atoms with van der Waals surface area (Å²) in [4.78, 5) is 0. The first kappa shape index (κ1) is 15.2. The van der Waals surface area contributed by atoms with Crippen LogP contribution in [0, 0.1) is 5.92 Å². The molecule has 1 unspecified atom stereocenters. The zero-order chi connectivity index (χ0) is 13.0. The van der Waals surface area contributed by atoms with Gasteiger partial charge in [0.25, 0.3) is 0 Å². The minimum atomic E-state index is -5.38. The van der Waals surface area contributed by atoms with E-state index in [1.54, 1.807) is 5.43 Å². The maximum Gasteiger partial charge on any atom is 0.402 e. The molecule has 0 aliphatic heterocycles. The summed E-state index contributed by atoms with van der Waals surface area (Å²) in [7, 11) is 0. The number of rotatable bonds is 5. The fourth-order valence-corrected chi connectivity index (χ4v) is 1.29. The number of alkyl halides is 6. The molecule has 0 saturated heterocycles. The molecule has 1 atom stereocenters. The standard InChI is InChI=1S/C8H12F6N2/c1-2-3-4-5(16-15)6(7(9,10)11)8(12,13)14/h2,5-6,16H,1,3-4,15H2. The van der Waals surface area contributed by atoms with Gasteiger partial charge in [0.1, 0.15) is 0 Å². The summed E-state index contributed by atoms with van der Waals surface area (Å²) in [6.07, 6.45) is -9.90. The monoisotopic (exact) mass is 250 g/mol. The maximum absolute atomic E-state index is 12.2. The summed E-state index contributed by atoms with van der Waals surface area (Å²) in [5, 5.41) is 0. The van der Waals surface area contributed by atoms with E-state index in [4.69, 9.17) is 5.84 Å². The molecule has 16 heavy (non-hydrogen) atoms. The van der Waals surface area contributed by atoms with Crippen LogP contribution in [-0.4, -0.2) is 18.4 Å². The highest BCUT2D eigenvalue weighted by Crippen LogP contribution is 2.42. The van der Waals surface area contributed by atoms with Gasteiger partial charge < -0.3 is 0 Å². The number of hydrogen-bond acceptors (Lipinski definition) is 2. The number of nitrogens with one attached hydrogen (secondary N) is 1. The highest BCUT2D eigenvalue weighted by molar-refractivity contribution is 4.87. The van der Waals surface area contributed by atoms with Crippen molar-refractivity contribution in [2.45, 2.75) is 31.2 Å². The molecule has 3 N–H and O–H groups in total. The molecule has 8 heteroatoms. The minimum Gasteiger partial charge on any atom is -0.271 e. The van der Waals surface area contributed by atoms with Crippen LogP contribution in [0.15, 0.2) is 12.7 Å². The summed E-state index contributed by atoms with van der Waals surface area (Å²) in [6, 6.07) is -1.90. The molecule has 0 bridgehead atoms. The van der Waals surface area contributed by atoms with Crippen molar-refractivity contribution < 1.29 is 26.3 Å². The Morgan fingerprint density at radius 2 is 1.56 bits per heavy atom. The van der Waals surface area contributed by atoms with E-state index >= 15 is 0 Å². The van der Waals surface area contributed by atoms with Crippen molar-refractivity contribution in [1.29, 1.82) is 0 Å². The molecule has 0 heterocycles. The Morgan fingerprint density at radius 1 is 1.12 bits per heavy atom. The van der Waals surface area contributed by atoms with E-state index in [9.17, 15) is 26.3 Å². The molecule has 0 saturated carbocycles. The number of allylic oxidation sites excluding steroid dienone is 1. The molecule has 0 amide bonds. The van der Waals surface area contributed by atoms with Gasteiger partial charge in [0.2, 0.25) is 0 Å². The Morgan fingerprint density at radius 3 is 1.81 bits per heavy atom. The van der Waals surface area contributed by atoms with Crippen molar-refractivity contribution in [3.8, 4) is 0 Å². The highest BCUT2D eigenvalue weighted by atomic mass is 19.4. The highest BCUT2D eigenvalue weighted by Gasteiger charge is 2.59. The van der Waals surface area contributed by atoms with Gasteiger partial charge in [-0.3, -0.25) is 11.3 Å². The van der Waals surface area contributed by atoms with Gasteiger partial charge in [-0.05, 0) is 12.8 Å². The van der Waals surface area contributed by atoms with Crippen molar-refractivity contribution in [3.63, 3.8) is 0 Å². The van der Waals surface area contributed by atoms with E-state index in [1.165, 1.54) is 6.08 Å². The molecule has 0 aromatic carbocycles. The van der Waals surface area contributed by atoms with Crippen molar-refractivity contribution in [2.75, 3.05) is 0 Å². The van der Waals surface area contributed by atoms with Gasteiger partial charge in [-0.1, -0.05) is 6.08 Å². The SMILES string of the molecule is C=CCCC(NN)C(C(F)(F)F)C(F)(F)F. The van der Waals surface area contributed by atoms with Crippen molar-refractivity contribution >= 4 is 0 Å². The molecule has 0 radical (unpaired) electrons. The summed E-state index contributed by atoms with van der Waals surface area (Å²) in [5.74, 6) is 1.26. The third-order valence-corrected chi connectivity index (χ3v) is 2.00. The van der Waals surface area contributed by atoms with Crippen molar-refractivity contribution in [3.05, 3.63) is 12.7 Å². The van der Waals surface area contributed by atoms with Crippen LogP contribution in [0.5, 0.6) is 0 Å². The second-order valence-electron chi connectivity index (χ2n) is 3.20. The van der Waals surface area contributed by atoms with Crippen LogP contribution >= 0.6 is 0 Å². The van der Waals surface area contributed by atoms with Crippen LogP contribution in [0.25, 0.3) is 0 Å². The number of hydrogen-bond donors (Lipinski definition) is 2. The number of halogens is 6. The Balaban J connectivity index is 4.92. The van der Waals surface area contributed by atoms with Crippen LogP contribution < -0.4 is 11.3 Å². The molecule has 0 rings (SSSR count). The zero-order valence-electron chi connectivity index (χ0n) is 8.20. The van der Waals surface area contributed by atoms with Gasteiger partial charge in [0, 0.05) is 6.04 Å². The molecule has 0 aromatic heterocycles. The average Bonchev–Trinajstić information content (AvgIpc) is 2.07. The molecule has 0 aliphatic carbocycles. The quantitative estimate of drug-likeness (QED) is 0.340. The third kappa shape index (κ3) is 4.40. The van der Waals surface area contributed by atoms with Crippen LogP contribution in [0.3, 0.4) is 0 Å². The van der Waals surface area contributed by atoms with Gasteiger partial charge >= 0.3 is 12.4 Å². The lowest BCUT2D eigenvalue weighted by atomic mass is 9.95. The van der Waals surface area contributed by atoms with Gasteiger partial charge in [0.05, 0.1) is 0 Å². The first-order chi connectivity index (χ1) is 7.14. The molecule has 0 fully saturated rings. The lowest BCUT2D eigenvalue weighted by molar-refractivity contribution is -0.292. The van der Waals surface area contributed by atoms with E-state index < -0.39 is 24.3 Å². The molecule has 0 aromatic rings. The van der Waals surface area contributed by atoms with Gasteiger partial charge in [-0.2, -0.15) is 26.3 Å². The molecule has 0 spiro atoms. The average molecular weight is 250 g/mol. The summed E-state index contributed by atoms with van der Waals surface area (Å²) < 4.78 is 73.4. The molecule has 96 valence electrons. The topological polar surface area (TPSA) is 38.0 Å². The lowest BCUT2D eigenvalue weighted by Crippen LogP contribution is -2.53. The Bertz CT molecular complexity index is 208. The van der Waals surface area contributed by atoms with E-state index in [0.717, 1.165) is 0 Å². The Hall–Kier alpha value is -0.760. The van der Waals surface area contributed by atoms with E-state index in [0.29, 0.717) is 0 Å². The van der Waals surface area contributed by atoms with E-state index in [2.05, 4.69) is 6.58 Å². The smallest absolute Gasteiger partial charge is 0.271 e. The first-order valence-electron chi connectivity index (χ1n) is 4.35. The van der Waals surface area contributed by atoms with Crippen LogP contribution in [0.4, 0.5) is 26.3 Å². The normalized spacial score (nSPS) is 15.2. The minimum absolute atomic E-state index is 0.0114. The molecular formula is C8H12F6N2. The summed E-state index contributed by atoms with van der Waals surface area (Å²) in [5.41, 5.74) is 1.56. The molecular weight excluding hydrogens is 238 g/mol. The fourth-order valence-electron chi connectivity index (χ4n) is 1.29. The summed E-state index contributed by atoms with van der Waals surface area (Å²) >= 11 is 0. The van der Waals surface area contributed by atoms with E-state index in [-0.39, 0.29) is 12.8 Å². The zero-order valence-corrected chi connectivity index (χ0v) is 8.20. The largest absolute Gasteiger partial charge is 0.402 e. The lowest BCUT2D eigenvalue weighted by Gasteiger charge is -2.29. The maximum atomic E-state index is 12.2. The first-order valence-corrected chi connectivity index (χ1v) is 4.35. The van der Waals surface area contributed by atoms with Crippen molar-refractivity contribution in [2.24, 2.45) is 11.8 Å². The third-order valence-electron chi connectivity index (χ3n) is 2.00. The van der Waals surface area contributed by atoms with E-state index in [1.807, 2.05) is 0 Å². The molecule has 2 nitrogen and oxygen atoms in total. The van der Waals surface area contributed by atoms with Gasteiger partial charge in [-0.15, -0.1) is 6.58 Å². The number of hydrazine groups is 1. The second kappa shape index (κ2) is 5.53. The number of nitrogens with two attached hydrogens (primary N) is 1. The fraction of sp³-hybridized carbons (Fsp3) is 0.750. The predicted molar refractivity (Wildman–Crippen MR) is 46.1 cm³/mol. The Labute approximate surface area is 88.5 Å². The summed E-state index contributed by atoms with van der Waals surface area (Å²) in [6.45, 7) is 3.22. The van der Waals surface area contributed by atoms with Gasteiger partial charge in [0.15, 0.2) is 5.92 Å². The Kier molecular flexibility index (Phi) is 5.27. The van der Waals surface area contributed by atoms with Gasteiger partial charge in [-0.25, -0.2) is 0 Å². The van der Waals surface area contributed by atoms with Crippen LogP contribution in [0.2, 0.25) is 0 Å². The predicted octanol–water partition coefficient (Wildman–Crippen LogP) is 2.53.